The van der Waals surface area contributed by atoms with Gasteiger partial charge in [0.2, 0.25) is 5.91 Å². The maximum Gasteiger partial charge on any atom is 0.254 e. The molecule has 2 aromatic carbocycles. The summed E-state index contributed by atoms with van der Waals surface area (Å²) < 4.78 is 7.03. The van der Waals surface area contributed by atoms with Crippen LogP contribution in [0.5, 0.6) is 0 Å². The molecule has 2 N–H and O–H groups in total. The zero-order chi connectivity index (χ0) is 26.4. The summed E-state index contributed by atoms with van der Waals surface area (Å²) in [5, 5.41) is 14.9. The molecular formula is C25H27ClN6O4S. The normalized spacial score (nSPS) is 14.2. The zero-order valence-corrected chi connectivity index (χ0v) is 22.0. The number of carbonyl (C=O) groups excluding carboxylic acids is 3. The van der Waals surface area contributed by atoms with E-state index in [-0.39, 0.29) is 23.5 Å². The first-order valence-corrected chi connectivity index (χ1v) is 13.0. The van der Waals surface area contributed by atoms with E-state index in [1.807, 2.05) is 0 Å². The summed E-state index contributed by atoms with van der Waals surface area (Å²) >= 11 is 7.33. The molecule has 10 nitrogen and oxygen atoms in total. The van der Waals surface area contributed by atoms with Crippen molar-refractivity contribution in [3.63, 3.8) is 0 Å². The molecule has 1 aromatic heterocycles. The SMILES string of the molecule is C[C@H](NC(=O)c1ccccc1Cl)c1nnc(SCC(=O)Nc2cccc(C(=O)N3CCOCC3)c2)n1C. The Bertz CT molecular complexity index is 1290. The van der Waals surface area contributed by atoms with Gasteiger partial charge in [-0.25, -0.2) is 0 Å². The van der Waals surface area contributed by atoms with Crippen molar-refractivity contribution in [1.29, 1.82) is 0 Å². The Morgan fingerprint density at radius 2 is 1.86 bits per heavy atom. The van der Waals surface area contributed by atoms with E-state index in [9.17, 15) is 14.4 Å². The van der Waals surface area contributed by atoms with E-state index >= 15 is 0 Å². The largest absolute Gasteiger partial charge is 0.378 e. The van der Waals surface area contributed by atoms with Gasteiger partial charge in [-0.1, -0.05) is 41.6 Å². The number of anilines is 1. The summed E-state index contributed by atoms with van der Waals surface area (Å²) in [6, 6.07) is 13.2. The highest BCUT2D eigenvalue weighted by Crippen LogP contribution is 2.21. The zero-order valence-electron chi connectivity index (χ0n) is 20.4. The van der Waals surface area contributed by atoms with E-state index < -0.39 is 6.04 Å². The maximum absolute atomic E-state index is 12.7. The molecule has 2 heterocycles. The van der Waals surface area contributed by atoms with Crippen molar-refractivity contribution in [2.75, 3.05) is 37.4 Å². The quantitative estimate of drug-likeness (QED) is 0.420. The molecule has 3 amide bonds. The minimum atomic E-state index is -0.434. The molecule has 3 aromatic rings. The van der Waals surface area contributed by atoms with Crippen LogP contribution in [-0.4, -0.2) is 69.4 Å². The van der Waals surface area contributed by atoms with Gasteiger partial charge in [0.25, 0.3) is 11.8 Å². The number of hydrogen-bond donors (Lipinski definition) is 2. The van der Waals surface area contributed by atoms with Crippen molar-refractivity contribution >= 4 is 46.8 Å². The van der Waals surface area contributed by atoms with Crippen LogP contribution in [0, 0.1) is 0 Å². The predicted octanol–water partition coefficient (Wildman–Crippen LogP) is 3.16. The number of halogens is 1. The first-order valence-electron chi connectivity index (χ1n) is 11.7. The summed E-state index contributed by atoms with van der Waals surface area (Å²) in [7, 11) is 1.77. The summed E-state index contributed by atoms with van der Waals surface area (Å²) in [5.41, 5.74) is 1.43. The van der Waals surface area contributed by atoms with Gasteiger partial charge in [0.05, 0.1) is 35.6 Å². The number of carbonyl (C=O) groups is 3. The number of nitrogens with one attached hydrogen (secondary N) is 2. The molecule has 37 heavy (non-hydrogen) atoms. The summed E-state index contributed by atoms with van der Waals surface area (Å²) in [6.45, 7) is 3.94. The number of morpholine rings is 1. The van der Waals surface area contributed by atoms with Crippen LogP contribution in [0.25, 0.3) is 0 Å². The fourth-order valence-electron chi connectivity index (χ4n) is 3.82. The second kappa shape index (κ2) is 12.2. The molecule has 1 aliphatic heterocycles. The minimum Gasteiger partial charge on any atom is -0.378 e. The van der Waals surface area contributed by atoms with Crippen molar-refractivity contribution in [1.82, 2.24) is 25.0 Å². The van der Waals surface area contributed by atoms with E-state index in [0.29, 0.717) is 59.1 Å². The molecule has 1 saturated heterocycles. The first-order chi connectivity index (χ1) is 17.8. The van der Waals surface area contributed by atoms with E-state index in [1.165, 1.54) is 11.8 Å². The first kappa shape index (κ1) is 26.6. The van der Waals surface area contributed by atoms with Crippen LogP contribution in [0.4, 0.5) is 5.69 Å². The Balaban J connectivity index is 1.32. The number of rotatable bonds is 8. The van der Waals surface area contributed by atoms with Gasteiger partial charge in [-0.15, -0.1) is 10.2 Å². The number of ether oxygens (including phenoxy) is 1. The molecule has 0 aliphatic carbocycles. The summed E-state index contributed by atoms with van der Waals surface area (Å²) in [6.07, 6.45) is 0. The van der Waals surface area contributed by atoms with Crippen LogP contribution in [0.2, 0.25) is 5.02 Å². The molecule has 0 unspecified atom stereocenters. The Morgan fingerprint density at radius 3 is 2.62 bits per heavy atom. The average molecular weight is 543 g/mol. The molecule has 0 radical (unpaired) electrons. The number of thioether (sulfide) groups is 1. The highest BCUT2D eigenvalue weighted by atomic mass is 35.5. The lowest BCUT2D eigenvalue weighted by molar-refractivity contribution is -0.113. The van der Waals surface area contributed by atoms with E-state index in [1.54, 1.807) is 72.0 Å². The van der Waals surface area contributed by atoms with Gasteiger partial charge >= 0.3 is 0 Å². The Labute approximate surface area is 223 Å². The topological polar surface area (TPSA) is 118 Å². The molecule has 12 heteroatoms. The monoisotopic (exact) mass is 542 g/mol. The van der Waals surface area contributed by atoms with Crippen LogP contribution in [0.1, 0.15) is 39.5 Å². The highest BCUT2D eigenvalue weighted by molar-refractivity contribution is 7.99. The fourth-order valence-corrected chi connectivity index (χ4v) is 4.76. The molecule has 1 aliphatic rings. The summed E-state index contributed by atoms with van der Waals surface area (Å²) in [4.78, 5) is 39.6. The van der Waals surface area contributed by atoms with Gasteiger partial charge in [-0.2, -0.15) is 0 Å². The van der Waals surface area contributed by atoms with Crippen molar-refractivity contribution in [3.8, 4) is 0 Å². The Morgan fingerprint density at radius 1 is 1.11 bits per heavy atom. The Kier molecular flexibility index (Phi) is 8.80. The minimum absolute atomic E-state index is 0.0869. The number of aromatic nitrogens is 3. The molecule has 1 atom stereocenters. The van der Waals surface area contributed by atoms with Gasteiger partial charge in [0, 0.05) is 31.4 Å². The highest BCUT2D eigenvalue weighted by Gasteiger charge is 2.21. The van der Waals surface area contributed by atoms with Crippen molar-refractivity contribution in [2.24, 2.45) is 7.05 Å². The van der Waals surface area contributed by atoms with Crippen molar-refractivity contribution < 1.29 is 19.1 Å². The lowest BCUT2D eigenvalue weighted by Crippen LogP contribution is -2.40. The van der Waals surface area contributed by atoms with E-state index in [0.717, 1.165) is 0 Å². The van der Waals surface area contributed by atoms with Crippen LogP contribution in [0.15, 0.2) is 53.7 Å². The summed E-state index contributed by atoms with van der Waals surface area (Å²) in [5.74, 6) is -0.0167. The molecule has 194 valence electrons. The molecular weight excluding hydrogens is 516 g/mol. The third-order valence-electron chi connectivity index (χ3n) is 5.75. The molecule has 1 fully saturated rings. The number of hydrogen-bond acceptors (Lipinski definition) is 7. The Hall–Kier alpha value is -3.41. The molecule has 0 spiro atoms. The van der Waals surface area contributed by atoms with Crippen LogP contribution >= 0.6 is 23.4 Å². The molecule has 0 bridgehead atoms. The van der Waals surface area contributed by atoms with Gasteiger partial charge in [0.15, 0.2) is 11.0 Å². The molecule has 4 rings (SSSR count). The smallest absolute Gasteiger partial charge is 0.254 e. The maximum atomic E-state index is 12.7. The fraction of sp³-hybridized carbons (Fsp3) is 0.320. The van der Waals surface area contributed by atoms with Crippen LogP contribution in [0.3, 0.4) is 0 Å². The van der Waals surface area contributed by atoms with Crippen LogP contribution in [-0.2, 0) is 16.6 Å². The van der Waals surface area contributed by atoms with Crippen molar-refractivity contribution in [2.45, 2.75) is 18.1 Å². The standard InChI is InChI=1S/C25H27ClN6O4S/c1-16(27-23(34)19-8-3-4-9-20(19)26)22-29-30-25(31(22)2)37-15-21(33)28-18-7-5-6-17(14-18)24(35)32-10-12-36-13-11-32/h3-9,14,16H,10-13,15H2,1-2H3,(H,27,34)(H,28,33)/t16-/m0/s1. The van der Waals surface area contributed by atoms with Gasteiger partial charge in [-0.05, 0) is 37.3 Å². The lowest BCUT2D eigenvalue weighted by atomic mass is 10.1. The number of nitrogens with zero attached hydrogens (tertiary/aromatic N) is 4. The second-order valence-corrected chi connectivity index (χ2v) is 9.75. The van der Waals surface area contributed by atoms with Crippen LogP contribution < -0.4 is 10.6 Å². The van der Waals surface area contributed by atoms with E-state index in [4.69, 9.17) is 16.3 Å². The number of amides is 3. The third kappa shape index (κ3) is 6.68. The molecule has 0 saturated carbocycles. The predicted molar refractivity (Wildman–Crippen MR) is 141 cm³/mol. The van der Waals surface area contributed by atoms with Gasteiger partial charge in [0.1, 0.15) is 0 Å². The lowest BCUT2D eigenvalue weighted by Gasteiger charge is -2.27. The van der Waals surface area contributed by atoms with Gasteiger partial charge in [-0.3, -0.25) is 14.4 Å². The third-order valence-corrected chi connectivity index (χ3v) is 7.10. The number of benzene rings is 2. The van der Waals surface area contributed by atoms with E-state index in [2.05, 4.69) is 20.8 Å². The average Bonchev–Trinajstić information content (AvgIpc) is 3.28. The van der Waals surface area contributed by atoms with Gasteiger partial charge < -0.3 is 24.8 Å². The second-order valence-electron chi connectivity index (χ2n) is 8.40. The van der Waals surface area contributed by atoms with Crippen molar-refractivity contribution in [3.05, 3.63) is 70.5 Å².